The lowest BCUT2D eigenvalue weighted by Crippen LogP contribution is -2.57. The molecule has 5 nitrogen and oxygen atoms in total. The first kappa shape index (κ1) is 14.2. The number of nitrogens with zero attached hydrogens (tertiary/aromatic N) is 3. The molecule has 1 saturated heterocycles. The summed E-state index contributed by atoms with van der Waals surface area (Å²) in [4.78, 5) is 11.6. The zero-order valence-electron chi connectivity index (χ0n) is 13.6. The minimum absolute atomic E-state index is 0.453. The number of likely N-dealkylation sites (N-methyl/N-ethyl adjacent to an activating group) is 1. The molecule has 5 heteroatoms. The van der Waals surface area contributed by atoms with Crippen molar-refractivity contribution in [1.29, 1.82) is 0 Å². The lowest BCUT2D eigenvalue weighted by atomic mass is 9.65. The Morgan fingerprint density at radius 1 is 1.14 bits per heavy atom. The maximum absolute atomic E-state index is 6.02. The van der Waals surface area contributed by atoms with E-state index in [1.54, 1.807) is 0 Å². The fraction of sp³-hybridized carbons (Fsp3) is 0.765. The Balaban J connectivity index is 1.61. The molecule has 3 aliphatic rings. The molecule has 0 unspecified atom stereocenters. The van der Waals surface area contributed by atoms with Crippen molar-refractivity contribution in [1.82, 2.24) is 15.3 Å². The maximum atomic E-state index is 6.02. The van der Waals surface area contributed by atoms with Gasteiger partial charge in [-0.25, -0.2) is 4.98 Å². The summed E-state index contributed by atoms with van der Waals surface area (Å²) >= 11 is 0. The van der Waals surface area contributed by atoms with Crippen LogP contribution in [0.4, 0.5) is 11.8 Å². The molecule has 2 aliphatic carbocycles. The summed E-state index contributed by atoms with van der Waals surface area (Å²) in [5.74, 6) is 1.56. The van der Waals surface area contributed by atoms with E-state index in [9.17, 15) is 0 Å². The summed E-state index contributed by atoms with van der Waals surface area (Å²) in [6.45, 7) is 2.06. The van der Waals surface area contributed by atoms with Crippen molar-refractivity contribution in [2.24, 2.45) is 5.41 Å². The average Bonchev–Trinajstić information content (AvgIpc) is 2.46. The van der Waals surface area contributed by atoms with Gasteiger partial charge in [-0.1, -0.05) is 19.3 Å². The van der Waals surface area contributed by atoms with Crippen LogP contribution in [0, 0.1) is 5.41 Å². The number of rotatable bonds is 2. The van der Waals surface area contributed by atoms with Crippen molar-refractivity contribution in [2.45, 2.75) is 57.4 Å². The molecular weight excluding hydrogens is 274 g/mol. The molecular formula is C17H27N5. The Morgan fingerprint density at radius 3 is 2.64 bits per heavy atom. The second-order valence-electron chi connectivity index (χ2n) is 7.46. The summed E-state index contributed by atoms with van der Waals surface area (Å²) in [6, 6.07) is 0.583. The van der Waals surface area contributed by atoms with Crippen molar-refractivity contribution in [3.63, 3.8) is 0 Å². The highest BCUT2D eigenvalue weighted by atomic mass is 15.3. The van der Waals surface area contributed by atoms with E-state index in [1.807, 2.05) is 7.05 Å². The van der Waals surface area contributed by atoms with Gasteiger partial charge in [-0.15, -0.1) is 0 Å². The highest BCUT2D eigenvalue weighted by Crippen LogP contribution is 2.47. The lowest BCUT2D eigenvalue weighted by Gasteiger charge is -2.44. The SMILES string of the molecule is CNC1CN(c2nc(N)nc3c2CCC2(CCCCC2)C3)C1. The molecule has 1 aromatic rings. The van der Waals surface area contributed by atoms with Gasteiger partial charge in [-0.05, 0) is 44.6 Å². The molecule has 4 rings (SSSR count). The predicted octanol–water partition coefficient (Wildman–Crippen LogP) is 1.91. The van der Waals surface area contributed by atoms with Gasteiger partial charge in [0.2, 0.25) is 5.95 Å². The van der Waals surface area contributed by atoms with Crippen LogP contribution in [0.2, 0.25) is 0 Å². The highest BCUT2D eigenvalue weighted by molar-refractivity contribution is 5.55. The minimum atomic E-state index is 0.453. The smallest absolute Gasteiger partial charge is 0.222 e. The van der Waals surface area contributed by atoms with Gasteiger partial charge >= 0.3 is 0 Å². The van der Waals surface area contributed by atoms with E-state index in [2.05, 4.69) is 20.2 Å². The summed E-state index contributed by atoms with van der Waals surface area (Å²) in [5, 5.41) is 3.33. The largest absolute Gasteiger partial charge is 0.368 e. The van der Waals surface area contributed by atoms with E-state index >= 15 is 0 Å². The molecule has 22 heavy (non-hydrogen) atoms. The molecule has 0 radical (unpaired) electrons. The molecule has 1 aliphatic heterocycles. The monoisotopic (exact) mass is 301 g/mol. The van der Waals surface area contributed by atoms with Crippen molar-refractivity contribution in [3.05, 3.63) is 11.3 Å². The van der Waals surface area contributed by atoms with Crippen LogP contribution in [0.3, 0.4) is 0 Å². The standard InChI is InChI=1S/C17H27N5/c1-19-12-10-22(11-12)15-13-5-8-17(6-3-2-4-7-17)9-14(13)20-16(18)21-15/h12,19H,2-11H2,1H3,(H2,18,20,21). The lowest BCUT2D eigenvalue weighted by molar-refractivity contribution is 0.160. The highest BCUT2D eigenvalue weighted by Gasteiger charge is 2.39. The Labute approximate surface area is 132 Å². The molecule has 0 bridgehead atoms. The number of aromatic nitrogens is 2. The molecule has 0 aromatic carbocycles. The third-order valence-electron chi connectivity index (χ3n) is 6.04. The maximum Gasteiger partial charge on any atom is 0.222 e. The molecule has 0 atom stereocenters. The van der Waals surface area contributed by atoms with Gasteiger partial charge in [0, 0.05) is 24.7 Å². The zero-order valence-corrected chi connectivity index (χ0v) is 13.6. The van der Waals surface area contributed by atoms with Gasteiger partial charge < -0.3 is 16.0 Å². The van der Waals surface area contributed by atoms with Crippen molar-refractivity contribution in [2.75, 3.05) is 30.8 Å². The molecule has 0 amide bonds. The first-order valence-corrected chi connectivity index (χ1v) is 8.77. The molecule has 1 saturated carbocycles. The van der Waals surface area contributed by atoms with Crippen LogP contribution in [0.1, 0.15) is 49.8 Å². The Kier molecular flexibility index (Phi) is 3.48. The Hall–Kier alpha value is -1.36. The predicted molar refractivity (Wildman–Crippen MR) is 89.0 cm³/mol. The molecule has 1 aromatic heterocycles. The Morgan fingerprint density at radius 2 is 1.91 bits per heavy atom. The number of nitrogen functional groups attached to an aromatic ring is 1. The van der Waals surface area contributed by atoms with Gasteiger partial charge in [0.15, 0.2) is 0 Å². The zero-order chi connectivity index (χ0) is 15.2. The number of nitrogens with one attached hydrogen (secondary N) is 1. The summed E-state index contributed by atoms with van der Waals surface area (Å²) in [6.07, 6.45) is 10.5. The van der Waals surface area contributed by atoms with Crippen LogP contribution < -0.4 is 16.0 Å². The molecule has 2 heterocycles. The number of nitrogens with two attached hydrogens (primary N) is 1. The average molecular weight is 301 g/mol. The third-order valence-corrected chi connectivity index (χ3v) is 6.04. The van der Waals surface area contributed by atoms with E-state index < -0.39 is 0 Å². The third kappa shape index (κ3) is 2.35. The normalized spacial score (nSPS) is 24.1. The van der Waals surface area contributed by atoms with Gasteiger partial charge in [-0.3, -0.25) is 0 Å². The van der Waals surface area contributed by atoms with Crippen LogP contribution in [0.5, 0.6) is 0 Å². The minimum Gasteiger partial charge on any atom is -0.368 e. The van der Waals surface area contributed by atoms with Gasteiger partial charge in [-0.2, -0.15) is 4.98 Å². The topological polar surface area (TPSA) is 67.1 Å². The van der Waals surface area contributed by atoms with Crippen LogP contribution in [-0.2, 0) is 12.8 Å². The van der Waals surface area contributed by atoms with Crippen molar-refractivity contribution in [3.8, 4) is 0 Å². The second-order valence-corrected chi connectivity index (χ2v) is 7.46. The summed E-state index contributed by atoms with van der Waals surface area (Å²) in [7, 11) is 2.03. The first-order chi connectivity index (χ1) is 10.7. The molecule has 120 valence electrons. The van der Waals surface area contributed by atoms with Gasteiger partial charge in [0.25, 0.3) is 0 Å². The Bertz CT molecular complexity index is 558. The van der Waals surface area contributed by atoms with Crippen molar-refractivity contribution < 1.29 is 0 Å². The van der Waals surface area contributed by atoms with E-state index in [1.165, 1.54) is 49.8 Å². The summed E-state index contributed by atoms with van der Waals surface area (Å²) in [5.41, 5.74) is 9.14. The number of anilines is 2. The van der Waals surface area contributed by atoms with Crippen LogP contribution >= 0.6 is 0 Å². The molecule has 1 spiro atoms. The van der Waals surface area contributed by atoms with Crippen molar-refractivity contribution >= 4 is 11.8 Å². The number of hydrogen-bond donors (Lipinski definition) is 2. The van der Waals surface area contributed by atoms with E-state index in [0.29, 0.717) is 17.4 Å². The van der Waals surface area contributed by atoms with E-state index in [-0.39, 0.29) is 0 Å². The van der Waals surface area contributed by atoms with Crippen LogP contribution in [-0.4, -0.2) is 36.1 Å². The van der Waals surface area contributed by atoms with E-state index in [4.69, 9.17) is 5.73 Å². The van der Waals surface area contributed by atoms with Gasteiger partial charge in [0.05, 0.1) is 5.69 Å². The van der Waals surface area contributed by atoms with Crippen LogP contribution in [0.15, 0.2) is 0 Å². The quantitative estimate of drug-likeness (QED) is 0.873. The number of hydrogen-bond acceptors (Lipinski definition) is 5. The van der Waals surface area contributed by atoms with E-state index in [0.717, 1.165) is 31.7 Å². The first-order valence-electron chi connectivity index (χ1n) is 8.77. The molecule has 3 N–H and O–H groups in total. The summed E-state index contributed by atoms with van der Waals surface area (Å²) < 4.78 is 0. The van der Waals surface area contributed by atoms with Crippen LogP contribution in [0.25, 0.3) is 0 Å². The second kappa shape index (κ2) is 5.37. The van der Waals surface area contributed by atoms with Gasteiger partial charge in [0.1, 0.15) is 5.82 Å². The molecule has 2 fully saturated rings. The number of fused-ring (bicyclic) bond motifs is 1. The fourth-order valence-corrected chi connectivity index (χ4v) is 4.60. The fourth-order valence-electron chi connectivity index (χ4n) is 4.60.